The Morgan fingerprint density at radius 3 is 2.67 bits per heavy atom. The van der Waals surface area contributed by atoms with Crippen molar-refractivity contribution in [3.05, 3.63) is 39.9 Å². The summed E-state index contributed by atoms with van der Waals surface area (Å²) < 4.78 is 25.8. The number of nitrogens with one attached hydrogen (secondary N) is 2. The largest absolute Gasteiger partial charge is 0.354 e. The van der Waals surface area contributed by atoms with E-state index < -0.39 is 14.9 Å². The molecule has 1 heterocycles. The summed E-state index contributed by atoms with van der Waals surface area (Å²) in [5, 5.41) is 17.3. The Balaban J connectivity index is 1.84. The second-order valence-electron chi connectivity index (χ2n) is 6.49. The standard InChI is InChI=1S/C17H27N5O4S/c1-3-11-27(25,26)21-9-7-15(8-10-21)20-17(18-2)19-13-14-5-4-6-16(12-14)22(23)24/h4-6,12,15H,3,7-11,13H2,1-2H3,(H2,18,19,20). The number of nitrogens with zero attached hydrogens (tertiary/aromatic N) is 3. The number of rotatable bonds is 7. The van der Waals surface area contributed by atoms with Gasteiger partial charge in [-0.3, -0.25) is 15.1 Å². The Labute approximate surface area is 160 Å². The molecule has 2 rings (SSSR count). The van der Waals surface area contributed by atoms with E-state index in [0.29, 0.717) is 44.9 Å². The number of benzene rings is 1. The Morgan fingerprint density at radius 2 is 2.07 bits per heavy atom. The van der Waals surface area contributed by atoms with Crippen LogP contribution in [0.4, 0.5) is 5.69 Å². The summed E-state index contributed by atoms with van der Waals surface area (Å²) in [6.07, 6.45) is 2.04. The van der Waals surface area contributed by atoms with Crippen molar-refractivity contribution in [2.75, 3.05) is 25.9 Å². The Hall–Kier alpha value is -2.20. The quantitative estimate of drug-likeness (QED) is 0.311. The van der Waals surface area contributed by atoms with Crippen molar-refractivity contribution in [1.29, 1.82) is 0 Å². The average molecular weight is 398 g/mol. The van der Waals surface area contributed by atoms with Gasteiger partial charge in [-0.25, -0.2) is 12.7 Å². The van der Waals surface area contributed by atoms with Crippen LogP contribution in [0.3, 0.4) is 0 Å². The van der Waals surface area contributed by atoms with Gasteiger partial charge in [0.25, 0.3) is 5.69 Å². The van der Waals surface area contributed by atoms with Crippen LogP contribution in [0.5, 0.6) is 0 Å². The van der Waals surface area contributed by atoms with Crippen LogP contribution in [-0.2, 0) is 16.6 Å². The number of non-ortho nitro benzene ring substituents is 1. The maximum Gasteiger partial charge on any atom is 0.269 e. The lowest BCUT2D eigenvalue weighted by Gasteiger charge is -2.32. The van der Waals surface area contributed by atoms with Crippen LogP contribution < -0.4 is 10.6 Å². The summed E-state index contributed by atoms with van der Waals surface area (Å²) in [5.74, 6) is 0.786. The predicted octanol–water partition coefficient (Wildman–Crippen LogP) is 1.46. The normalized spacial score (nSPS) is 16.9. The fourth-order valence-electron chi connectivity index (χ4n) is 3.02. The number of guanidine groups is 1. The number of aliphatic imine (C=N–C) groups is 1. The van der Waals surface area contributed by atoms with E-state index in [1.165, 1.54) is 12.1 Å². The van der Waals surface area contributed by atoms with Crippen LogP contribution >= 0.6 is 0 Å². The molecule has 1 saturated heterocycles. The van der Waals surface area contributed by atoms with Gasteiger partial charge in [-0.2, -0.15) is 0 Å². The third-order valence-electron chi connectivity index (χ3n) is 4.46. The zero-order valence-electron chi connectivity index (χ0n) is 15.7. The van der Waals surface area contributed by atoms with Gasteiger partial charge in [0.15, 0.2) is 5.96 Å². The average Bonchev–Trinajstić information content (AvgIpc) is 2.65. The summed E-state index contributed by atoms with van der Waals surface area (Å²) >= 11 is 0. The van der Waals surface area contributed by atoms with Crippen LogP contribution in [0.2, 0.25) is 0 Å². The van der Waals surface area contributed by atoms with E-state index in [1.54, 1.807) is 17.4 Å². The highest BCUT2D eigenvalue weighted by Crippen LogP contribution is 2.15. The molecule has 9 nitrogen and oxygen atoms in total. The van der Waals surface area contributed by atoms with E-state index in [0.717, 1.165) is 5.56 Å². The van der Waals surface area contributed by atoms with Crippen molar-refractivity contribution >= 4 is 21.7 Å². The monoisotopic (exact) mass is 397 g/mol. The van der Waals surface area contributed by atoms with Crippen molar-refractivity contribution < 1.29 is 13.3 Å². The first kappa shape index (κ1) is 21.1. The summed E-state index contributed by atoms with van der Waals surface area (Å²) in [5.41, 5.74) is 0.838. The molecule has 0 unspecified atom stereocenters. The molecule has 0 aliphatic carbocycles. The molecule has 0 spiro atoms. The first-order valence-corrected chi connectivity index (χ1v) is 10.6. The van der Waals surface area contributed by atoms with E-state index in [2.05, 4.69) is 15.6 Å². The smallest absolute Gasteiger partial charge is 0.269 e. The van der Waals surface area contributed by atoms with Gasteiger partial charge in [-0.05, 0) is 24.8 Å². The molecular weight excluding hydrogens is 370 g/mol. The van der Waals surface area contributed by atoms with Crippen molar-refractivity contribution in [2.24, 2.45) is 4.99 Å². The topological polar surface area (TPSA) is 117 Å². The SMILES string of the molecule is CCCS(=O)(=O)N1CCC(NC(=NC)NCc2cccc([N+](=O)[O-])c2)CC1. The first-order valence-electron chi connectivity index (χ1n) is 9.04. The molecule has 0 aromatic heterocycles. The number of sulfonamides is 1. The zero-order valence-corrected chi connectivity index (χ0v) is 16.5. The molecule has 27 heavy (non-hydrogen) atoms. The van der Waals surface area contributed by atoms with Gasteiger partial charge in [0.2, 0.25) is 10.0 Å². The fraction of sp³-hybridized carbons (Fsp3) is 0.588. The lowest BCUT2D eigenvalue weighted by molar-refractivity contribution is -0.384. The summed E-state index contributed by atoms with van der Waals surface area (Å²) in [4.78, 5) is 14.6. The number of hydrogen-bond donors (Lipinski definition) is 2. The molecule has 0 saturated carbocycles. The minimum Gasteiger partial charge on any atom is -0.354 e. The molecule has 1 aromatic rings. The molecule has 0 radical (unpaired) electrons. The van der Waals surface area contributed by atoms with Crippen LogP contribution in [0.15, 0.2) is 29.3 Å². The van der Waals surface area contributed by atoms with Gasteiger partial charge in [0.1, 0.15) is 0 Å². The van der Waals surface area contributed by atoms with Gasteiger partial charge in [0, 0.05) is 44.9 Å². The minimum atomic E-state index is -3.14. The Kier molecular flexibility index (Phi) is 7.55. The molecule has 10 heteroatoms. The summed E-state index contributed by atoms with van der Waals surface area (Å²) in [6, 6.07) is 6.57. The van der Waals surface area contributed by atoms with Crippen molar-refractivity contribution in [2.45, 2.75) is 38.8 Å². The summed E-state index contributed by atoms with van der Waals surface area (Å²) in [7, 11) is -1.49. The molecule has 1 aliphatic heterocycles. The van der Waals surface area contributed by atoms with Gasteiger partial charge < -0.3 is 10.6 Å². The molecule has 1 aliphatic rings. The highest BCUT2D eigenvalue weighted by atomic mass is 32.2. The fourth-order valence-corrected chi connectivity index (χ4v) is 4.56. The van der Waals surface area contributed by atoms with Gasteiger partial charge in [-0.15, -0.1) is 0 Å². The van der Waals surface area contributed by atoms with Crippen LogP contribution in [0.25, 0.3) is 0 Å². The van der Waals surface area contributed by atoms with E-state index in [4.69, 9.17) is 0 Å². The van der Waals surface area contributed by atoms with Crippen molar-refractivity contribution in [1.82, 2.24) is 14.9 Å². The zero-order chi connectivity index (χ0) is 19.9. The predicted molar refractivity (Wildman–Crippen MR) is 105 cm³/mol. The first-order chi connectivity index (χ1) is 12.9. The summed E-state index contributed by atoms with van der Waals surface area (Å²) in [6.45, 7) is 3.28. The van der Waals surface area contributed by atoms with Crippen LogP contribution in [-0.4, -0.2) is 55.5 Å². The second kappa shape index (κ2) is 9.65. The minimum absolute atomic E-state index is 0.0536. The van der Waals surface area contributed by atoms with Crippen LogP contribution in [0, 0.1) is 10.1 Å². The number of nitro benzene ring substituents is 1. The third kappa shape index (κ3) is 6.17. The molecular formula is C17H27N5O4S. The van der Waals surface area contributed by atoms with E-state index in [1.807, 2.05) is 13.0 Å². The molecule has 2 N–H and O–H groups in total. The van der Waals surface area contributed by atoms with Crippen LogP contribution in [0.1, 0.15) is 31.7 Å². The van der Waals surface area contributed by atoms with E-state index in [-0.39, 0.29) is 17.5 Å². The molecule has 0 amide bonds. The van der Waals surface area contributed by atoms with E-state index >= 15 is 0 Å². The molecule has 0 bridgehead atoms. The lowest BCUT2D eigenvalue weighted by atomic mass is 10.1. The highest BCUT2D eigenvalue weighted by molar-refractivity contribution is 7.89. The Morgan fingerprint density at radius 1 is 1.37 bits per heavy atom. The number of piperidine rings is 1. The van der Waals surface area contributed by atoms with Crippen molar-refractivity contribution in [3.8, 4) is 0 Å². The molecule has 0 atom stereocenters. The molecule has 150 valence electrons. The number of hydrogen-bond acceptors (Lipinski definition) is 5. The molecule has 1 fully saturated rings. The maximum absolute atomic E-state index is 12.1. The lowest BCUT2D eigenvalue weighted by Crippen LogP contribution is -2.49. The van der Waals surface area contributed by atoms with Crippen molar-refractivity contribution in [3.63, 3.8) is 0 Å². The second-order valence-corrected chi connectivity index (χ2v) is 8.57. The number of nitro groups is 1. The Bertz CT molecular complexity index is 773. The third-order valence-corrected chi connectivity index (χ3v) is 6.53. The van der Waals surface area contributed by atoms with Gasteiger partial charge >= 0.3 is 0 Å². The molecule has 1 aromatic carbocycles. The van der Waals surface area contributed by atoms with Gasteiger partial charge in [0.05, 0.1) is 10.7 Å². The van der Waals surface area contributed by atoms with Gasteiger partial charge in [-0.1, -0.05) is 19.1 Å². The van der Waals surface area contributed by atoms with E-state index in [9.17, 15) is 18.5 Å². The highest BCUT2D eigenvalue weighted by Gasteiger charge is 2.27. The maximum atomic E-state index is 12.1.